The van der Waals surface area contributed by atoms with Crippen LogP contribution in [0.2, 0.25) is 0 Å². The van der Waals surface area contributed by atoms with E-state index in [4.69, 9.17) is 0 Å². The van der Waals surface area contributed by atoms with E-state index in [0.29, 0.717) is 5.78 Å². The first-order valence-electron chi connectivity index (χ1n) is 8.75. The minimum absolute atomic E-state index is 0.256. The normalized spacial score (nSPS) is 18.3. The van der Waals surface area contributed by atoms with Gasteiger partial charge in [0.05, 0.1) is 12.5 Å². The molecule has 0 aromatic heterocycles. The number of carbonyl (C=O) groups excluding carboxylic acids is 1. The predicted octanol–water partition coefficient (Wildman–Crippen LogP) is 3.03. The maximum Gasteiger partial charge on any atom is 0.141 e. The minimum Gasteiger partial charge on any atom is -0.327 e. The smallest absolute Gasteiger partial charge is 0.141 e. The quantitative estimate of drug-likeness (QED) is 0.870. The summed E-state index contributed by atoms with van der Waals surface area (Å²) in [5.41, 5.74) is 2.70. The number of nitrogens with one attached hydrogen (secondary N) is 1. The molecule has 120 valence electrons. The van der Waals surface area contributed by atoms with Gasteiger partial charge in [-0.2, -0.15) is 0 Å². The maximum absolute atomic E-state index is 12.2. The number of benzene rings is 2. The second-order valence-corrected chi connectivity index (χ2v) is 6.69. The predicted molar refractivity (Wildman–Crippen MR) is 93.1 cm³/mol. The average Bonchev–Trinajstić information content (AvgIpc) is 2.59. The standard InChI is InChI=1S/C21H25NO/c23-21-14-8-7-13-20(21)17-22(15-18-9-3-1-4-10-18)16-19-11-5-2-6-12-19/h1-6,9-12,20H,7-8,13-17H2/p+1/t20-/m0/s1. The Hall–Kier alpha value is -1.93. The van der Waals surface area contributed by atoms with Crippen molar-refractivity contribution in [2.75, 3.05) is 6.54 Å². The lowest BCUT2D eigenvalue weighted by Crippen LogP contribution is -3.10. The fourth-order valence-corrected chi connectivity index (χ4v) is 3.60. The molecule has 2 nitrogen and oxygen atoms in total. The van der Waals surface area contributed by atoms with Gasteiger partial charge in [-0.1, -0.05) is 67.1 Å². The zero-order chi connectivity index (χ0) is 15.9. The van der Waals surface area contributed by atoms with E-state index in [1.165, 1.54) is 22.4 Å². The third-order valence-electron chi connectivity index (χ3n) is 4.81. The van der Waals surface area contributed by atoms with Gasteiger partial charge in [0, 0.05) is 17.5 Å². The summed E-state index contributed by atoms with van der Waals surface area (Å²) < 4.78 is 0. The van der Waals surface area contributed by atoms with Gasteiger partial charge in [0.2, 0.25) is 0 Å². The fraction of sp³-hybridized carbons (Fsp3) is 0.381. The second kappa shape index (κ2) is 8.07. The van der Waals surface area contributed by atoms with Gasteiger partial charge in [0.1, 0.15) is 18.9 Å². The zero-order valence-electron chi connectivity index (χ0n) is 13.7. The molecule has 0 unspecified atom stereocenters. The Kier molecular flexibility index (Phi) is 5.60. The molecule has 2 heteroatoms. The van der Waals surface area contributed by atoms with Crippen molar-refractivity contribution in [1.29, 1.82) is 0 Å². The molecule has 1 aliphatic rings. The zero-order valence-corrected chi connectivity index (χ0v) is 13.7. The van der Waals surface area contributed by atoms with E-state index in [9.17, 15) is 4.79 Å². The van der Waals surface area contributed by atoms with E-state index < -0.39 is 0 Å². The SMILES string of the molecule is O=C1CCCC[C@H]1C[NH+](Cc1ccccc1)Cc1ccccc1. The molecule has 1 saturated carbocycles. The first-order valence-corrected chi connectivity index (χ1v) is 8.75. The molecular formula is C21H26NO+. The van der Waals surface area contributed by atoms with Crippen molar-refractivity contribution in [1.82, 2.24) is 0 Å². The topological polar surface area (TPSA) is 21.5 Å². The Labute approximate surface area is 139 Å². The molecule has 1 fully saturated rings. The summed E-state index contributed by atoms with van der Waals surface area (Å²) in [7, 11) is 0. The highest BCUT2D eigenvalue weighted by Gasteiger charge is 2.26. The number of ketones is 1. The van der Waals surface area contributed by atoms with Crippen molar-refractivity contribution < 1.29 is 9.69 Å². The van der Waals surface area contributed by atoms with Crippen LogP contribution in [0.3, 0.4) is 0 Å². The monoisotopic (exact) mass is 308 g/mol. The number of hydrogen-bond acceptors (Lipinski definition) is 1. The Morgan fingerprint density at radius 3 is 1.91 bits per heavy atom. The number of carbonyl (C=O) groups is 1. The average molecular weight is 308 g/mol. The summed E-state index contributed by atoms with van der Waals surface area (Å²) in [5.74, 6) is 0.737. The number of rotatable bonds is 6. The maximum atomic E-state index is 12.2. The van der Waals surface area contributed by atoms with Crippen LogP contribution < -0.4 is 4.90 Å². The van der Waals surface area contributed by atoms with E-state index in [2.05, 4.69) is 60.7 Å². The summed E-state index contributed by atoms with van der Waals surface area (Å²) in [6, 6.07) is 21.3. The molecule has 23 heavy (non-hydrogen) atoms. The van der Waals surface area contributed by atoms with Crippen molar-refractivity contribution >= 4 is 5.78 Å². The van der Waals surface area contributed by atoms with Crippen LogP contribution in [0.25, 0.3) is 0 Å². The molecule has 2 aromatic rings. The Bertz CT molecular complexity index is 567. The lowest BCUT2D eigenvalue weighted by atomic mass is 9.87. The number of quaternary nitrogens is 1. The molecule has 0 amide bonds. The van der Waals surface area contributed by atoms with Gasteiger partial charge in [-0.05, 0) is 12.8 Å². The molecular weight excluding hydrogens is 282 g/mol. The summed E-state index contributed by atoms with van der Waals surface area (Å²) in [6.07, 6.45) is 4.16. The van der Waals surface area contributed by atoms with Crippen LogP contribution >= 0.6 is 0 Å². The van der Waals surface area contributed by atoms with Gasteiger partial charge in [0.25, 0.3) is 0 Å². The first-order chi connectivity index (χ1) is 11.3. The van der Waals surface area contributed by atoms with E-state index >= 15 is 0 Å². The van der Waals surface area contributed by atoms with Crippen molar-refractivity contribution in [2.45, 2.75) is 38.8 Å². The Balaban J connectivity index is 1.71. The third kappa shape index (κ3) is 4.77. The number of Topliss-reactive ketones (excluding diaryl/α,β-unsaturated/α-hetero) is 1. The Morgan fingerprint density at radius 2 is 1.39 bits per heavy atom. The van der Waals surface area contributed by atoms with Crippen LogP contribution in [-0.2, 0) is 17.9 Å². The van der Waals surface area contributed by atoms with E-state index in [-0.39, 0.29) is 5.92 Å². The molecule has 0 bridgehead atoms. The highest BCUT2D eigenvalue weighted by atomic mass is 16.1. The van der Waals surface area contributed by atoms with Crippen LogP contribution in [-0.4, -0.2) is 12.3 Å². The van der Waals surface area contributed by atoms with Crippen molar-refractivity contribution in [2.24, 2.45) is 5.92 Å². The Morgan fingerprint density at radius 1 is 0.826 bits per heavy atom. The summed E-state index contributed by atoms with van der Waals surface area (Å²) >= 11 is 0. The lowest BCUT2D eigenvalue weighted by molar-refractivity contribution is -0.930. The van der Waals surface area contributed by atoms with E-state index in [1.54, 1.807) is 0 Å². The van der Waals surface area contributed by atoms with Crippen LogP contribution in [0.15, 0.2) is 60.7 Å². The van der Waals surface area contributed by atoms with Gasteiger partial charge < -0.3 is 4.90 Å². The second-order valence-electron chi connectivity index (χ2n) is 6.69. The molecule has 3 rings (SSSR count). The molecule has 0 radical (unpaired) electrons. The van der Waals surface area contributed by atoms with Gasteiger partial charge in [-0.15, -0.1) is 0 Å². The molecule has 2 aromatic carbocycles. The largest absolute Gasteiger partial charge is 0.327 e. The third-order valence-corrected chi connectivity index (χ3v) is 4.81. The van der Waals surface area contributed by atoms with Gasteiger partial charge in [-0.3, -0.25) is 4.79 Å². The van der Waals surface area contributed by atoms with Gasteiger partial charge >= 0.3 is 0 Å². The van der Waals surface area contributed by atoms with E-state index in [0.717, 1.165) is 38.9 Å². The van der Waals surface area contributed by atoms with Crippen molar-refractivity contribution in [3.05, 3.63) is 71.8 Å². The highest BCUT2D eigenvalue weighted by Crippen LogP contribution is 2.19. The van der Waals surface area contributed by atoms with Crippen molar-refractivity contribution in [3.63, 3.8) is 0 Å². The summed E-state index contributed by atoms with van der Waals surface area (Å²) in [6.45, 7) is 2.93. The molecule has 1 aliphatic carbocycles. The molecule has 0 spiro atoms. The molecule has 1 N–H and O–H groups in total. The van der Waals surface area contributed by atoms with E-state index in [1.807, 2.05) is 0 Å². The number of hydrogen-bond donors (Lipinski definition) is 1. The minimum atomic E-state index is 0.256. The highest BCUT2D eigenvalue weighted by molar-refractivity contribution is 5.81. The lowest BCUT2D eigenvalue weighted by Gasteiger charge is -2.26. The van der Waals surface area contributed by atoms with Gasteiger partial charge in [-0.25, -0.2) is 0 Å². The first kappa shape index (κ1) is 15.9. The van der Waals surface area contributed by atoms with Crippen molar-refractivity contribution in [3.8, 4) is 0 Å². The summed E-state index contributed by atoms with van der Waals surface area (Å²) in [4.78, 5) is 13.7. The molecule has 0 heterocycles. The van der Waals surface area contributed by atoms with Crippen LogP contribution in [0.5, 0.6) is 0 Å². The van der Waals surface area contributed by atoms with Crippen LogP contribution in [0, 0.1) is 5.92 Å². The van der Waals surface area contributed by atoms with Gasteiger partial charge in [0.15, 0.2) is 0 Å². The molecule has 0 saturated heterocycles. The molecule has 0 aliphatic heterocycles. The summed E-state index contributed by atoms with van der Waals surface area (Å²) in [5, 5.41) is 0. The fourth-order valence-electron chi connectivity index (χ4n) is 3.60. The molecule has 1 atom stereocenters. The van der Waals surface area contributed by atoms with Crippen LogP contribution in [0.4, 0.5) is 0 Å². The van der Waals surface area contributed by atoms with Crippen LogP contribution in [0.1, 0.15) is 36.8 Å².